The molecule has 2 aromatic carbocycles. The Balaban J connectivity index is 1.52. The van der Waals surface area contributed by atoms with Crippen LogP contribution in [-0.4, -0.2) is 68.1 Å². The number of nitrogens with zero attached hydrogens (tertiary/aromatic N) is 8. The molecule has 0 fully saturated rings. The zero-order valence-corrected chi connectivity index (χ0v) is 23.2. The van der Waals surface area contributed by atoms with Crippen molar-refractivity contribution in [1.82, 2.24) is 31.3 Å². The second kappa shape index (κ2) is 11.5. The molecule has 0 radical (unpaired) electrons. The van der Waals surface area contributed by atoms with Gasteiger partial charge < -0.3 is 10.6 Å². The largest absolute Gasteiger partial charge is 0.386 e. The van der Waals surface area contributed by atoms with Crippen molar-refractivity contribution < 1.29 is 19.1 Å². The van der Waals surface area contributed by atoms with Crippen LogP contribution in [0.3, 0.4) is 0 Å². The number of fused-ring (bicyclic) bond motifs is 2. The van der Waals surface area contributed by atoms with Gasteiger partial charge in [-0.25, -0.2) is 9.26 Å². The van der Waals surface area contributed by atoms with Crippen LogP contribution in [0.4, 0.5) is 11.4 Å². The summed E-state index contributed by atoms with van der Waals surface area (Å²) in [6, 6.07) is 6.00. The molecule has 3 heterocycles. The highest BCUT2D eigenvalue weighted by Crippen LogP contribution is 2.33. The van der Waals surface area contributed by atoms with E-state index in [1.165, 1.54) is 12.1 Å². The van der Waals surface area contributed by atoms with Crippen LogP contribution in [0.1, 0.15) is 38.8 Å². The molecule has 16 nitrogen and oxygen atoms in total. The SMILES string of the molecule is CC1=NCCN/C(C)=C(\c2ccc([N+](=O)[O-])c3nonc23)C(C)=NCCN/C(C)=C/1c1ccc([N+](=O)[O-])c2nonc12. The van der Waals surface area contributed by atoms with Gasteiger partial charge in [0.05, 0.1) is 22.9 Å². The van der Waals surface area contributed by atoms with Crippen LogP contribution < -0.4 is 10.6 Å². The first-order chi connectivity index (χ1) is 20.2. The minimum Gasteiger partial charge on any atom is -0.386 e. The number of nitrogens with one attached hydrogen (secondary N) is 2. The highest BCUT2D eigenvalue weighted by atomic mass is 16.6. The molecule has 2 aromatic heterocycles. The number of aromatic nitrogens is 4. The minimum absolute atomic E-state index is 0.0582. The lowest BCUT2D eigenvalue weighted by molar-refractivity contribution is -0.383. The number of hydrogen-bond acceptors (Lipinski definition) is 14. The van der Waals surface area contributed by atoms with Crippen LogP contribution in [0, 0.1) is 20.2 Å². The maximum absolute atomic E-state index is 11.5. The highest BCUT2D eigenvalue weighted by molar-refractivity contribution is 6.26. The first kappa shape index (κ1) is 28.0. The molecule has 0 atom stereocenters. The molecule has 0 unspecified atom stereocenters. The zero-order chi connectivity index (χ0) is 30.0. The number of allylic oxidation sites excluding steroid dienone is 4. The van der Waals surface area contributed by atoms with E-state index in [4.69, 9.17) is 19.2 Å². The fraction of sp³-hybridized carbons (Fsp3) is 0.308. The molecule has 1 aliphatic rings. The van der Waals surface area contributed by atoms with Crippen LogP contribution >= 0.6 is 0 Å². The molecule has 0 amide bonds. The topological polar surface area (TPSA) is 213 Å². The standard InChI is InChI=1S/C26H26N10O6/c1-13-21(17-5-7-19(35(37)38)25-23(17)31-41-33-25)14(2)28-11-12-30-16(4)22(15(3)29-10-9-27-13)18-6-8-20(36(39)40)26-24(18)32-42-34-26/h5-8,27,30H,9-12H2,1-4H3/b21-13-,22-16-,28-14?,29-15?. The van der Waals surface area contributed by atoms with Crippen LogP contribution in [0.2, 0.25) is 0 Å². The lowest BCUT2D eigenvalue weighted by Crippen LogP contribution is -2.22. The molecule has 4 aromatic rings. The van der Waals surface area contributed by atoms with Gasteiger partial charge in [-0.05, 0) is 60.5 Å². The fourth-order valence-electron chi connectivity index (χ4n) is 5.01. The van der Waals surface area contributed by atoms with Gasteiger partial charge in [0.2, 0.25) is 11.0 Å². The Kier molecular flexibility index (Phi) is 7.68. The third-order valence-electron chi connectivity index (χ3n) is 6.90. The van der Waals surface area contributed by atoms with E-state index in [-0.39, 0.29) is 33.4 Å². The fourth-order valence-corrected chi connectivity index (χ4v) is 5.01. The zero-order valence-electron chi connectivity index (χ0n) is 23.2. The molecular formula is C26H26N10O6. The summed E-state index contributed by atoms with van der Waals surface area (Å²) >= 11 is 0. The van der Waals surface area contributed by atoms with Crippen molar-refractivity contribution >= 4 is 56.0 Å². The second-order valence-electron chi connectivity index (χ2n) is 9.49. The highest BCUT2D eigenvalue weighted by Gasteiger charge is 2.25. The van der Waals surface area contributed by atoms with E-state index in [2.05, 4.69) is 31.3 Å². The molecule has 0 aliphatic carbocycles. The number of nitro benzene ring substituents is 2. The molecule has 0 saturated carbocycles. The Morgan fingerprint density at radius 3 is 1.40 bits per heavy atom. The van der Waals surface area contributed by atoms with Crippen molar-refractivity contribution in [1.29, 1.82) is 0 Å². The van der Waals surface area contributed by atoms with Gasteiger partial charge in [-0.1, -0.05) is 0 Å². The quantitative estimate of drug-likeness (QED) is 0.263. The first-order valence-corrected chi connectivity index (χ1v) is 12.9. The van der Waals surface area contributed by atoms with Crippen molar-refractivity contribution in [3.05, 3.63) is 67.0 Å². The Bertz CT molecular complexity index is 1710. The van der Waals surface area contributed by atoms with Crippen LogP contribution in [0.5, 0.6) is 0 Å². The van der Waals surface area contributed by atoms with Gasteiger partial charge in [-0.2, -0.15) is 0 Å². The van der Waals surface area contributed by atoms with Gasteiger partial charge in [0.15, 0.2) is 0 Å². The molecular weight excluding hydrogens is 548 g/mol. The van der Waals surface area contributed by atoms with Gasteiger partial charge in [0, 0.05) is 70.3 Å². The summed E-state index contributed by atoms with van der Waals surface area (Å²) in [5, 5.41) is 45.2. The summed E-state index contributed by atoms with van der Waals surface area (Å²) in [6.07, 6.45) is 0. The van der Waals surface area contributed by atoms with Crippen molar-refractivity contribution in [2.45, 2.75) is 27.7 Å². The van der Waals surface area contributed by atoms with Gasteiger partial charge in [0.1, 0.15) is 11.0 Å². The molecule has 216 valence electrons. The number of nitro groups is 2. The molecule has 0 bridgehead atoms. The summed E-state index contributed by atoms with van der Waals surface area (Å²) in [5.74, 6) is 0. The van der Waals surface area contributed by atoms with Gasteiger partial charge in [0.25, 0.3) is 0 Å². The van der Waals surface area contributed by atoms with Crippen molar-refractivity contribution in [2.75, 3.05) is 26.2 Å². The summed E-state index contributed by atoms with van der Waals surface area (Å²) in [6.45, 7) is 9.16. The van der Waals surface area contributed by atoms with Gasteiger partial charge in [-0.15, -0.1) is 0 Å². The van der Waals surface area contributed by atoms with Crippen LogP contribution in [-0.2, 0) is 0 Å². The normalized spacial score (nSPS) is 19.0. The molecule has 2 N–H and O–H groups in total. The lowest BCUT2D eigenvalue weighted by Gasteiger charge is -2.17. The van der Waals surface area contributed by atoms with E-state index >= 15 is 0 Å². The molecule has 1 aliphatic heterocycles. The van der Waals surface area contributed by atoms with E-state index < -0.39 is 9.85 Å². The maximum atomic E-state index is 11.5. The monoisotopic (exact) mass is 574 g/mol. The Morgan fingerprint density at radius 2 is 1.02 bits per heavy atom. The molecule has 42 heavy (non-hydrogen) atoms. The van der Waals surface area contributed by atoms with E-state index in [9.17, 15) is 20.2 Å². The third kappa shape index (κ3) is 5.16. The first-order valence-electron chi connectivity index (χ1n) is 12.9. The molecule has 5 rings (SSSR count). The average molecular weight is 575 g/mol. The van der Waals surface area contributed by atoms with Crippen molar-refractivity contribution in [3.8, 4) is 0 Å². The Morgan fingerprint density at radius 1 is 0.643 bits per heavy atom. The summed E-state index contributed by atoms with van der Waals surface area (Å²) < 4.78 is 9.73. The summed E-state index contributed by atoms with van der Waals surface area (Å²) in [5.41, 5.74) is 5.81. The molecule has 16 heteroatoms. The van der Waals surface area contributed by atoms with Gasteiger partial charge >= 0.3 is 11.4 Å². The summed E-state index contributed by atoms with van der Waals surface area (Å²) in [4.78, 5) is 31.5. The van der Waals surface area contributed by atoms with Gasteiger partial charge in [-0.3, -0.25) is 30.2 Å². The third-order valence-corrected chi connectivity index (χ3v) is 6.90. The summed E-state index contributed by atoms with van der Waals surface area (Å²) in [7, 11) is 0. The van der Waals surface area contributed by atoms with E-state index in [0.717, 1.165) is 22.5 Å². The van der Waals surface area contributed by atoms with E-state index in [1.54, 1.807) is 12.1 Å². The number of aliphatic imine (C=N–C) groups is 2. The van der Waals surface area contributed by atoms with E-state index in [1.807, 2.05) is 27.7 Å². The average Bonchev–Trinajstić information content (AvgIpc) is 3.64. The van der Waals surface area contributed by atoms with Crippen LogP contribution in [0.15, 0.2) is 54.9 Å². The van der Waals surface area contributed by atoms with E-state index in [0.29, 0.717) is 48.7 Å². The van der Waals surface area contributed by atoms with Crippen LogP contribution in [0.25, 0.3) is 33.2 Å². The van der Waals surface area contributed by atoms with Crippen molar-refractivity contribution in [2.24, 2.45) is 9.98 Å². The Labute approximate surface area is 237 Å². The second-order valence-corrected chi connectivity index (χ2v) is 9.49. The van der Waals surface area contributed by atoms with Crippen molar-refractivity contribution in [3.63, 3.8) is 0 Å². The number of rotatable bonds is 4. The Hall–Kier alpha value is -5.54. The lowest BCUT2D eigenvalue weighted by atomic mass is 9.97. The smallest absolute Gasteiger partial charge is 0.300 e. The molecule has 0 saturated heterocycles. The number of benzene rings is 2. The predicted molar refractivity (Wildman–Crippen MR) is 154 cm³/mol. The number of non-ortho nitro benzene ring substituents is 2. The minimum atomic E-state index is -0.527. The number of hydrogen-bond donors (Lipinski definition) is 2. The predicted octanol–water partition coefficient (Wildman–Crippen LogP) is 3.85. The maximum Gasteiger partial charge on any atom is 0.300 e. The molecule has 0 spiro atoms.